The van der Waals surface area contributed by atoms with Crippen LogP contribution in [-0.2, 0) is 9.59 Å². The van der Waals surface area contributed by atoms with Crippen molar-refractivity contribution in [1.29, 1.82) is 0 Å². The number of hydrogen-bond donors (Lipinski definition) is 1. The van der Waals surface area contributed by atoms with Crippen LogP contribution in [0.15, 0.2) is 59.1 Å². The quantitative estimate of drug-likeness (QED) is 0.398. The Kier molecular flexibility index (Phi) is 7.03. The van der Waals surface area contributed by atoms with E-state index in [0.29, 0.717) is 11.6 Å². The van der Waals surface area contributed by atoms with E-state index >= 15 is 0 Å². The fourth-order valence-corrected chi connectivity index (χ4v) is 4.32. The number of hydrogen-bond acceptors (Lipinski definition) is 7. The Morgan fingerprint density at radius 1 is 1.18 bits per heavy atom. The largest absolute Gasteiger partial charge is 0.497 e. The molecule has 0 saturated carbocycles. The van der Waals surface area contributed by atoms with Crippen molar-refractivity contribution < 1.29 is 18.8 Å². The van der Waals surface area contributed by atoms with Crippen molar-refractivity contribution >= 4 is 50.8 Å². The molecule has 0 aliphatic heterocycles. The summed E-state index contributed by atoms with van der Waals surface area (Å²) in [5.41, 5.74) is 2.53. The second kappa shape index (κ2) is 10.3. The van der Waals surface area contributed by atoms with Crippen LogP contribution in [0.3, 0.4) is 0 Å². The normalized spacial score (nSPS) is 11.4. The number of rotatable bonds is 8. The molecule has 0 bridgehead atoms. The number of para-hydroxylation sites is 1. The number of anilines is 1. The molecule has 2 aromatic heterocycles. The molecule has 8 nitrogen and oxygen atoms in total. The van der Waals surface area contributed by atoms with Gasteiger partial charge < -0.3 is 19.5 Å². The minimum absolute atomic E-state index is 0.0872. The maximum atomic E-state index is 13.1. The topological polar surface area (TPSA) is 97.6 Å². The zero-order valence-electron chi connectivity index (χ0n) is 19.1. The molecular weight excluding hydrogens is 452 g/mol. The summed E-state index contributed by atoms with van der Waals surface area (Å²) in [5, 5.41) is 7.13. The van der Waals surface area contributed by atoms with E-state index in [-0.39, 0.29) is 24.8 Å². The number of benzene rings is 2. The molecule has 0 fully saturated rings. The van der Waals surface area contributed by atoms with Crippen LogP contribution >= 0.6 is 11.3 Å². The second-order valence-electron chi connectivity index (χ2n) is 7.73. The Labute approximate surface area is 200 Å². The third-order valence-corrected chi connectivity index (χ3v) is 6.16. The van der Waals surface area contributed by atoms with Crippen LogP contribution in [-0.4, -0.2) is 47.6 Å². The van der Waals surface area contributed by atoms with Crippen LogP contribution in [0.25, 0.3) is 21.9 Å². The maximum absolute atomic E-state index is 13.1. The lowest BCUT2D eigenvalue weighted by atomic mass is 10.1. The lowest BCUT2D eigenvalue weighted by Gasteiger charge is -2.17. The number of ether oxygens (including phenoxy) is 1. The molecule has 0 spiro atoms. The molecule has 0 unspecified atom stereocenters. The average Bonchev–Trinajstić information content (AvgIpc) is 3.44. The molecule has 1 N–H and O–H groups in total. The van der Waals surface area contributed by atoms with Crippen molar-refractivity contribution in [2.75, 3.05) is 26.0 Å². The SMILES string of the molecule is COc1cccc(/C=C(/CC(=O)N(C)CC(=O)Nc2cc(C)on2)c2nc3ccccc3s2)c1. The number of carbonyl (C=O) groups is 2. The van der Waals surface area contributed by atoms with E-state index in [1.165, 1.54) is 16.2 Å². The molecule has 34 heavy (non-hydrogen) atoms. The zero-order valence-corrected chi connectivity index (χ0v) is 19.9. The first-order chi connectivity index (χ1) is 16.4. The van der Waals surface area contributed by atoms with Gasteiger partial charge in [0.05, 0.1) is 30.3 Å². The first-order valence-electron chi connectivity index (χ1n) is 10.6. The highest BCUT2D eigenvalue weighted by Gasteiger charge is 2.19. The summed E-state index contributed by atoms with van der Waals surface area (Å²) in [5.74, 6) is 1.06. The van der Waals surface area contributed by atoms with Gasteiger partial charge in [-0.3, -0.25) is 9.59 Å². The van der Waals surface area contributed by atoms with E-state index in [0.717, 1.165) is 32.1 Å². The van der Waals surface area contributed by atoms with Crippen LogP contribution in [0.1, 0.15) is 22.8 Å². The fourth-order valence-electron chi connectivity index (χ4n) is 3.34. The van der Waals surface area contributed by atoms with E-state index in [2.05, 4.69) is 10.5 Å². The minimum Gasteiger partial charge on any atom is -0.497 e. The lowest BCUT2D eigenvalue weighted by molar-refractivity contribution is -0.132. The summed E-state index contributed by atoms with van der Waals surface area (Å²) in [4.78, 5) is 31.5. The summed E-state index contributed by atoms with van der Waals surface area (Å²) < 4.78 is 11.3. The maximum Gasteiger partial charge on any atom is 0.245 e. The number of amides is 2. The van der Waals surface area contributed by atoms with Gasteiger partial charge in [0.25, 0.3) is 0 Å². The fraction of sp³-hybridized carbons (Fsp3) is 0.200. The van der Waals surface area contributed by atoms with Crippen molar-refractivity contribution in [3.8, 4) is 5.75 Å². The number of thiazole rings is 1. The van der Waals surface area contributed by atoms with E-state index in [1.54, 1.807) is 27.1 Å². The van der Waals surface area contributed by atoms with Gasteiger partial charge in [-0.05, 0) is 48.4 Å². The van der Waals surface area contributed by atoms with Crippen LogP contribution in [0.4, 0.5) is 5.82 Å². The molecular formula is C25H24N4O4S. The standard InChI is InChI=1S/C25H24N4O4S/c1-16-11-22(28-33-16)27-23(30)15-29(2)24(31)14-18(12-17-7-6-8-19(13-17)32-3)25-26-20-9-4-5-10-21(20)34-25/h4-13H,14-15H2,1-3H3,(H,27,28,30)/b18-12-. The van der Waals surface area contributed by atoms with Gasteiger partial charge in [-0.1, -0.05) is 29.4 Å². The number of methoxy groups -OCH3 is 1. The number of fused-ring (bicyclic) bond motifs is 1. The summed E-state index contributed by atoms with van der Waals surface area (Å²) >= 11 is 1.53. The molecule has 0 saturated heterocycles. The summed E-state index contributed by atoms with van der Waals surface area (Å²) in [7, 11) is 3.21. The van der Waals surface area contributed by atoms with Gasteiger partial charge in [0.15, 0.2) is 5.82 Å². The monoisotopic (exact) mass is 476 g/mol. The van der Waals surface area contributed by atoms with Crippen molar-refractivity contribution in [1.82, 2.24) is 15.0 Å². The van der Waals surface area contributed by atoms with Gasteiger partial charge in [-0.15, -0.1) is 11.3 Å². The number of likely N-dealkylation sites (N-methyl/N-ethyl adjacent to an activating group) is 1. The molecule has 2 heterocycles. The minimum atomic E-state index is -0.359. The lowest BCUT2D eigenvalue weighted by Crippen LogP contribution is -2.35. The summed E-state index contributed by atoms with van der Waals surface area (Å²) in [6.07, 6.45) is 2.02. The van der Waals surface area contributed by atoms with E-state index in [9.17, 15) is 9.59 Å². The van der Waals surface area contributed by atoms with Crippen molar-refractivity contribution in [3.05, 3.63) is 70.9 Å². The highest BCUT2D eigenvalue weighted by Crippen LogP contribution is 2.31. The Bertz CT molecular complexity index is 1320. The molecule has 0 atom stereocenters. The third kappa shape index (κ3) is 5.68. The number of aryl methyl sites for hydroxylation is 1. The van der Waals surface area contributed by atoms with Gasteiger partial charge in [-0.2, -0.15) is 0 Å². The number of aromatic nitrogens is 2. The zero-order chi connectivity index (χ0) is 24.1. The first kappa shape index (κ1) is 23.2. The Balaban J connectivity index is 1.55. The van der Waals surface area contributed by atoms with E-state index in [1.807, 2.05) is 54.6 Å². The number of nitrogens with zero attached hydrogens (tertiary/aromatic N) is 3. The molecule has 0 aliphatic carbocycles. The highest BCUT2D eigenvalue weighted by molar-refractivity contribution is 7.19. The molecule has 174 valence electrons. The molecule has 2 aromatic carbocycles. The molecule has 2 amide bonds. The van der Waals surface area contributed by atoms with Crippen molar-refractivity contribution in [2.24, 2.45) is 0 Å². The Hall–Kier alpha value is -3.98. The summed E-state index contributed by atoms with van der Waals surface area (Å²) in [6.45, 7) is 1.62. The highest BCUT2D eigenvalue weighted by atomic mass is 32.1. The summed E-state index contributed by atoms with van der Waals surface area (Å²) in [6, 6.07) is 17.1. The van der Waals surface area contributed by atoms with E-state index in [4.69, 9.17) is 14.2 Å². The van der Waals surface area contributed by atoms with Gasteiger partial charge in [0, 0.05) is 13.1 Å². The van der Waals surface area contributed by atoms with Gasteiger partial charge >= 0.3 is 0 Å². The van der Waals surface area contributed by atoms with Gasteiger partial charge in [-0.25, -0.2) is 4.98 Å². The molecule has 0 radical (unpaired) electrons. The first-order valence-corrected chi connectivity index (χ1v) is 11.4. The van der Waals surface area contributed by atoms with Gasteiger partial charge in [0.2, 0.25) is 11.8 Å². The second-order valence-corrected chi connectivity index (χ2v) is 8.76. The van der Waals surface area contributed by atoms with Crippen LogP contribution in [0, 0.1) is 6.92 Å². The predicted octanol–water partition coefficient (Wildman–Crippen LogP) is 4.63. The van der Waals surface area contributed by atoms with Crippen LogP contribution < -0.4 is 10.1 Å². The Morgan fingerprint density at radius 2 is 2.00 bits per heavy atom. The Morgan fingerprint density at radius 3 is 2.74 bits per heavy atom. The number of carbonyl (C=O) groups excluding carboxylic acids is 2. The van der Waals surface area contributed by atoms with Gasteiger partial charge in [0.1, 0.15) is 16.5 Å². The predicted molar refractivity (Wildman–Crippen MR) is 133 cm³/mol. The molecule has 0 aliphatic rings. The molecule has 4 rings (SSSR count). The van der Waals surface area contributed by atoms with Crippen molar-refractivity contribution in [2.45, 2.75) is 13.3 Å². The average molecular weight is 477 g/mol. The smallest absolute Gasteiger partial charge is 0.245 e. The van der Waals surface area contributed by atoms with Crippen molar-refractivity contribution in [3.63, 3.8) is 0 Å². The molecule has 9 heteroatoms. The molecule has 4 aromatic rings. The van der Waals surface area contributed by atoms with Crippen LogP contribution in [0.2, 0.25) is 0 Å². The third-order valence-electron chi connectivity index (χ3n) is 5.05. The van der Waals surface area contributed by atoms with Crippen LogP contribution in [0.5, 0.6) is 5.75 Å². The van der Waals surface area contributed by atoms with E-state index < -0.39 is 0 Å². The number of nitrogens with one attached hydrogen (secondary N) is 1.